The summed E-state index contributed by atoms with van der Waals surface area (Å²) in [6.07, 6.45) is 0. The van der Waals surface area contributed by atoms with E-state index in [0.29, 0.717) is 0 Å². The second-order valence-corrected chi connectivity index (χ2v) is 12.7. The van der Waals surface area contributed by atoms with Crippen molar-refractivity contribution in [3.05, 3.63) is 24.3 Å². The molecule has 5 rings (SSSR count). The van der Waals surface area contributed by atoms with Gasteiger partial charge < -0.3 is 5.32 Å². The Labute approximate surface area is 259 Å². The monoisotopic (exact) mass is 513 g/mol. The maximum absolute atomic E-state index is 3.84. The number of anilines is 2. The third kappa shape index (κ3) is 4.36. The lowest BCUT2D eigenvalue weighted by molar-refractivity contribution is 1.60. The van der Waals surface area contributed by atoms with Gasteiger partial charge in [0.15, 0.2) is 0 Å². The Bertz CT molecular complexity index is 1940. The molecular weight excluding hydrogens is 478 g/mol. The second-order valence-electron chi connectivity index (χ2n) is 12.7. The molecule has 0 aliphatic heterocycles. The number of fused-ring (bicyclic) bond motifs is 2. The maximum Gasteiger partial charge on any atom is 0.142 e. The lowest BCUT2D eigenvalue weighted by Crippen LogP contribution is -2.52. The summed E-state index contributed by atoms with van der Waals surface area (Å²) in [5.74, 6) is 0. The minimum atomic E-state index is 1.13. The molecule has 0 radical (unpaired) electrons. The molecule has 41 heavy (non-hydrogen) atoms. The van der Waals surface area contributed by atoms with E-state index in [1.54, 1.807) is 0 Å². The van der Waals surface area contributed by atoms with Crippen molar-refractivity contribution in [3.63, 3.8) is 0 Å². The molecule has 0 atom stereocenters. The summed E-state index contributed by atoms with van der Waals surface area (Å²) in [6.45, 7) is 0. The van der Waals surface area contributed by atoms with E-state index in [1.165, 1.54) is 115 Å². The molecule has 0 aliphatic rings. The molecule has 184 valence electrons. The standard InChI is InChI=1S/C26H33B14N/c27-12-7(8-9(14(29)20(12)35)15(30)22(37)21(36)13(8)28)5-1-3-6(4-2-5)41-26-19(34)11-10(18(33)25(26)40)16(31)23(38)24(39)17(11)32/h1-4,41H,27-40H2. The van der Waals surface area contributed by atoms with Gasteiger partial charge in [0.25, 0.3) is 0 Å². The van der Waals surface area contributed by atoms with Crippen molar-refractivity contribution in [2.75, 3.05) is 5.32 Å². The number of nitrogens with one attached hydrogen (secondary N) is 1. The van der Waals surface area contributed by atoms with Gasteiger partial charge in [-0.3, -0.25) is 0 Å². The van der Waals surface area contributed by atoms with Crippen molar-refractivity contribution in [1.82, 2.24) is 0 Å². The molecule has 0 aliphatic carbocycles. The summed E-state index contributed by atoms with van der Waals surface area (Å²) < 4.78 is 0. The van der Waals surface area contributed by atoms with Crippen LogP contribution in [0.25, 0.3) is 32.7 Å². The largest absolute Gasteiger partial charge is 0.356 e. The lowest BCUT2D eigenvalue weighted by atomic mass is 9.59. The van der Waals surface area contributed by atoms with Gasteiger partial charge in [-0.05, 0) is 44.8 Å². The minimum Gasteiger partial charge on any atom is -0.356 e. The molecular formula is C26H33B14N. The van der Waals surface area contributed by atoms with Gasteiger partial charge in [0.05, 0.1) is 0 Å². The molecule has 0 unspecified atom stereocenters. The molecule has 1 N–H and O–H groups in total. The molecule has 15 heteroatoms. The first-order valence-corrected chi connectivity index (χ1v) is 15.1. The third-order valence-corrected chi connectivity index (χ3v) is 11.0. The molecule has 5 aromatic carbocycles. The van der Waals surface area contributed by atoms with Crippen LogP contribution in [0.5, 0.6) is 0 Å². The van der Waals surface area contributed by atoms with Gasteiger partial charge in [0.1, 0.15) is 110 Å². The average Bonchev–Trinajstić information content (AvgIpc) is 2.95. The van der Waals surface area contributed by atoms with Gasteiger partial charge in [-0.25, -0.2) is 0 Å². The Morgan fingerprint density at radius 2 is 0.659 bits per heavy atom. The first-order chi connectivity index (χ1) is 19.2. The van der Waals surface area contributed by atoms with Crippen LogP contribution < -0.4 is 81.8 Å². The van der Waals surface area contributed by atoms with E-state index in [9.17, 15) is 0 Å². The van der Waals surface area contributed by atoms with Gasteiger partial charge in [-0.15, -0.1) is 27.3 Å². The van der Waals surface area contributed by atoms with Gasteiger partial charge in [-0.1, -0.05) is 61.3 Å². The van der Waals surface area contributed by atoms with Crippen LogP contribution in [-0.2, 0) is 0 Å². The van der Waals surface area contributed by atoms with Gasteiger partial charge in [0, 0.05) is 11.4 Å². The van der Waals surface area contributed by atoms with Crippen molar-refractivity contribution in [1.29, 1.82) is 0 Å². The van der Waals surface area contributed by atoms with Gasteiger partial charge in [-0.2, -0.15) is 0 Å². The third-order valence-electron chi connectivity index (χ3n) is 11.0. The Balaban J connectivity index is 1.67. The Kier molecular flexibility index (Phi) is 7.67. The summed E-state index contributed by atoms with van der Waals surface area (Å²) in [7, 11) is 32.0. The highest BCUT2D eigenvalue weighted by Gasteiger charge is 2.20. The fraction of sp³-hybridized carbons (Fsp3) is 0. The van der Waals surface area contributed by atoms with Crippen LogP contribution in [0.15, 0.2) is 24.3 Å². The zero-order chi connectivity index (χ0) is 30.2. The second kappa shape index (κ2) is 10.6. The van der Waals surface area contributed by atoms with E-state index in [0.717, 1.165) is 5.69 Å². The zero-order valence-corrected chi connectivity index (χ0v) is 27.8. The lowest BCUT2D eigenvalue weighted by Gasteiger charge is -2.25. The van der Waals surface area contributed by atoms with Crippen molar-refractivity contribution in [2.45, 2.75) is 0 Å². The summed E-state index contributed by atoms with van der Waals surface area (Å²) in [5, 5.41) is 9.52. The predicted molar refractivity (Wildman–Crippen MR) is 231 cm³/mol. The molecule has 1 nitrogen and oxygen atoms in total. The molecule has 0 bridgehead atoms. The van der Waals surface area contributed by atoms with Crippen LogP contribution in [0.2, 0.25) is 0 Å². The fourth-order valence-corrected chi connectivity index (χ4v) is 7.38. The van der Waals surface area contributed by atoms with Crippen molar-refractivity contribution in [3.8, 4) is 11.1 Å². The van der Waals surface area contributed by atoms with Crippen molar-refractivity contribution in [2.24, 2.45) is 0 Å². The molecule has 5 aromatic rings. The number of rotatable bonds is 3. The van der Waals surface area contributed by atoms with Gasteiger partial charge in [0.2, 0.25) is 0 Å². The normalized spacial score (nSPS) is 11.3. The van der Waals surface area contributed by atoms with E-state index in [1.807, 2.05) is 0 Å². The van der Waals surface area contributed by atoms with Crippen LogP contribution >= 0.6 is 0 Å². The Morgan fingerprint density at radius 3 is 1.12 bits per heavy atom. The van der Waals surface area contributed by atoms with Crippen LogP contribution in [0, 0.1) is 0 Å². The number of benzene rings is 5. The van der Waals surface area contributed by atoms with Gasteiger partial charge >= 0.3 is 0 Å². The first-order valence-electron chi connectivity index (χ1n) is 15.1. The van der Waals surface area contributed by atoms with Crippen LogP contribution in [0.3, 0.4) is 0 Å². The zero-order valence-electron chi connectivity index (χ0n) is 27.8. The summed E-state index contributed by atoms with van der Waals surface area (Å²) in [6, 6.07) is 9.14. The first kappa shape index (κ1) is 29.8. The molecule has 0 heterocycles. The summed E-state index contributed by atoms with van der Waals surface area (Å²) in [5.41, 5.74) is 24.5. The van der Waals surface area contributed by atoms with E-state index in [4.69, 9.17) is 0 Å². The molecule has 0 saturated carbocycles. The SMILES string of the molecule is Bc1c(B)c(B)c2c(B)c(Nc3ccc(-c4c(B)c(B)c(B)c5c(B)c(B)c(B)c(B)c45)cc3)c(B)c(B)c2c1B. The predicted octanol–water partition coefficient (Wildman–Crippen LogP) is -17.0. The van der Waals surface area contributed by atoms with E-state index in [2.05, 4.69) is 139 Å². The molecule has 0 spiro atoms. The summed E-state index contributed by atoms with van der Waals surface area (Å²) in [4.78, 5) is 0. The molecule has 0 amide bonds. The number of hydrogen-bond donors (Lipinski definition) is 1. The molecule has 0 saturated heterocycles. The Morgan fingerprint density at radius 1 is 0.317 bits per heavy atom. The molecule has 0 fully saturated rings. The van der Waals surface area contributed by atoms with E-state index >= 15 is 0 Å². The maximum atomic E-state index is 3.84. The minimum absolute atomic E-state index is 1.13. The fourth-order valence-electron chi connectivity index (χ4n) is 7.38. The Hall–Kier alpha value is -2.67. The highest BCUT2D eigenvalue weighted by Crippen LogP contribution is 2.25. The van der Waals surface area contributed by atoms with Crippen LogP contribution in [-0.4, -0.2) is 110 Å². The van der Waals surface area contributed by atoms with Crippen molar-refractivity contribution < 1.29 is 0 Å². The van der Waals surface area contributed by atoms with Crippen molar-refractivity contribution >= 4 is 219 Å². The van der Waals surface area contributed by atoms with E-state index in [-0.39, 0.29) is 0 Å². The average molecular weight is 511 g/mol. The highest BCUT2D eigenvalue weighted by molar-refractivity contribution is 6.73. The summed E-state index contributed by atoms with van der Waals surface area (Å²) >= 11 is 0. The molecule has 0 aromatic heterocycles. The highest BCUT2D eigenvalue weighted by atomic mass is 14.9. The van der Waals surface area contributed by atoms with Crippen LogP contribution in [0.4, 0.5) is 11.4 Å². The smallest absolute Gasteiger partial charge is 0.142 e. The number of hydrogen-bond acceptors (Lipinski definition) is 1. The quantitative estimate of drug-likeness (QED) is 0.238. The topological polar surface area (TPSA) is 12.0 Å². The van der Waals surface area contributed by atoms with Crippen LogP contribution in [0.1, 0.15) is 0 Å². The van der Waals surface area contributed by atoms with E-state index < -0.39 is 0 Å².